The first-order chi connectivity index (χ1) is 20.0. The molecule has 1 aliphatic rings. The smallest absolute Gasteiger partial charge is 0.419 e. The van der Waals surface area contributed by atoms with Crippen molar-refractivity contribution in [2.45, 2.75) is 96.3 Å². The van der Waals surface area contributed by atoms with Gasteiger partial charge in [0.2, 0.25) is 5.95 Å². The second-order valence-electron chi connectivity index (χ2n) is 13.1. The van der Waals surface area contributed by atoms with Gasteiger partial charge in [0.15, 0.2) is 0 Å². The van der Waals surface area contributed by atoms with Crippen LogP contribution in [0.15, 0.2) is 30.6 Å². The summed E-state index contributed by atoms with van der Waals surface area (Å²) in [5, 5.41) is 16.0. The van der Waals surface area contributed by atoms with E-state index in [1.807, 2.05) is 0 Å². The van der Waals surface area contributed by atoms with Gasteiger partial charge in [-0.1, -0.05) is 25.7 Å². The molecule has 232 valence electrons. The molecular formula is C30H39F3N6O3Si. The van der Waals surface area contributed by atoms with Crippen LogP contribution < -0.4 is 10.6 Å². The minimum atomic E-state index is -4.71. The Morgan fingerprint density at radius 3 is 2.56 bits per heavy atom. The summed E-state index contributed by atoms with van der Waals surface area (Å²) in [6, 6.07) is 7.28. The molecule has 0 aliphatic heterocycles. The first kappa shape index (κ1) is 32.3. The number of carbonyl (C=O) groups excluding carboxylic acids is 1. The van der Waals surface area contributed by atoms with Gasteiger partial charge >= 0.3 is 12.3 Å². The molecular weight excluding hydrogens is 577 g/mol. The number of amides is 1. The zero-order chi connectivity index (χ0) is 31.6. The Hall–Kier alpha value is -3.63. The normalized spacial score (nSPS) is 17.6. The molecule has 1 fully saturated rings. The van der Waals surface area contributed by atoms with Crippen LogP contribution in [-0.2, 0) is 22.4 Å². The quantitative estimate of drug-likeness (QED) is 0.194. The van der Waals surface area contributed by atoms with Crippen LogP contribution in [0.1, 0.15) is 51.2 Å². The molecule has 9 nitrogen and oxygen atoms in total. The number of ether oxygens (including phenoxy) is 2. The summed E-state index contributed by atoms with van der Waals surface area (Å²) in [5.41, 5.74) is -0.719. The lowest BCUT2D eigenvalue weighted by Gasteiger charge is -2.25. The molecule has 0 bridgehead atoms. The Kier molecular flexibility index (Phi) is 9.41. The van der Waals surface area contributed by atoms with Gasteiger partial charge in [0.1, 0.15) is 17.9 Å². The number of benzene rings is 1. The van der Waals surface area contributed by atoms with Crippen molar-refractivity contribution in [2.24, 2.45) is 0 Å². The van der Waals surface area contributed by atoms with Crippen LogP contribution in [-0.4, -0.2) is 53.0 Å². The number of aromatic nitrogens is 3. The van der Waals surface area contributed by atoms with Crippen LogP contribution in [0.4, 0.5) is 23.9 Å². The van der Waals surface area contributed by atoms with Crippen molar-refractivity contribution in [3.63, 3.8) is 0 Å². The van der Waals surface area contributed by atoms with E-state index in [0.29, 0.717) is 35.9 Å². The SMILES string of the molecule is CC(C)(C)OC(=O)NC1CCC[C@@H]1Nc1ncc(C(F)(F)F)c(-c2cn(COCC[Si](C)(C)C)c3cc(C#N)ccc23)n1. The summed E-state index contributed by atoms with van der Waals surface area (Å²) in [6.07, 6.45) is -0.745. The van der Waals surface area contributed by atoms with Crippen LogP contribution in [0.2, 0.25) is 25.7 Å². The van der Waals surface area contributed by atoms with Gasteiger partial charge < -0.3 is 24.7 Å². The molecule has 0 saturated heterocycles. The number of hydrogen-bond acceptors (Lipinski definition) is 7. The summed E-state index contributed by atoms with van der Waals surface area (Å²) in [7, 11) is -1.34. The molecule has 13 heteroatoms. The van der Waals surface area contributed by atoms with E-state index in [4.69, 9.17) is 9.47 Å². The fourth-order valence-electron chi connectivity index (χ4n) is 4.99. The van der Waals surface area contributed by atoms with E-state index in [2.05, 4.69) is 46.3 Å². The molecule has 1 unspecified atom stereocenters. The number of nitrogens with zero attached hydrogens (tertiary/aromatic N) is 4. The lowest BCUT2D eigenvalue weighted by Crippen LogP contribution is -2.45. The van der Waals surface area contributed by atoms with Crippen molar-refractivity contribution in [2.75, 3.05) is 11.9 Å². The minimum absolute atomic E-state index is 0.0202. The highest BCUT2D eigenvalue weighted by molar-refractivity contribution is 6.76. The number of anilines is 1. The van der Waals surface area contributed by atoms with Gasteiger partial charge in [-0.25, -0.2) is 14.8 Å². The highest BCUT2D eigenvalue weighted by Crippen LogP contribution is 2.40. The van der Waals surface area contributed by atoms with Gasteiger partial charge in [-0.15, -0.1) is 0 Å². The standard InChI is InChI=1S/C30H39F3N6O3Si/c1-29(2,3)42-28(40)37-24-9-7-8-23(24)36-27-35-16-22(30(31,32)33)26(38-27)21-17-39(18-41-12-13-43(4,5)6)25-14-19(15-34)10-11-20(21)25/h10-11,14,16-17,23-24H,7-9,12-13,18H2,1-6H3,(H,37,40)(H,35,36,38)/t23-,24?/m0/s1. The second-order valence-corrected chi connectivity index (χ2v) is 18.7. The average Bonchev–Trinajstić information content (AvgIpc) is 3.47. The van der Waals surface area contributed by atoms with Crippen molar-refractivity contribution in [1.29, 1.82) is 5.26 Å². The Labute approximate surface area is 250 Å². The minimum Gasteiger partial charge on any atom is -0.444 e. The predicted octanol–water partition coefficient (Wildman–Crippen LogP) is 7.16. The molecule has 2 aromatic heterocycles. The van der Waals surface area contributed by atoms with Gasteiger partial charge in [0.25, 0.3) is 0 Å². The molecule has 1 amide bonds. The van der Waals surface area contributed by atoms with Crippen LogP contribution in [0.5, 0.6) is 0 Å². The number of nitriles is 1. The topological polar surface area (TPSA) is 114 Å². The Morgan fingerprint density at radius 1 is 1.19 bits per heavy atom. The predicted molar refractivity (Wildman–Crippen MR) is 161 cm³/mol. The van der Waals surface area contributed by atoms with Gasteiger partial charge in [-0.3, -0.25) is 0 Å². The lowest BCUT2D eigenvalue weighted by molar-refractivity contribution is -0.137. The van der Waals surface area contributed by atoms with Gasteiger partial charge in [0.05, 0.1) is 28.9 Å². The fourth-order valence-corrected chi connectivity index (χ4v) is 5.75. The molecule has 0 radical (unpaired) electrons. The second kappa shape index (κ2) is 12.5. The number of alkyl halides is 3. The first-order valence-electron chi connectivity index (χ1n) is 14.4. The zero-order valence-corrected chi connectivity index (χ0v) is 26.4. The van der Waals surface area contributed by atoms with Gasteiger partial charge in [0, 0.05) is 44.1 Å². The number of halogens is 3. The third-order valence-electron chi connectivity index (χ3n) is 7.12. The van der Waals surface area contributed by atoms with E-state index in [0.717, 1.165) is 18.7 Å². The number of rotatable bonds is 9. The van der Waals surface area contributed by atoms with Crippen molar-refractivity contribution in [1.82, 2.24) is 19.9 Å². The maximum atomic E-state index is 14.3. The molecule has 2 heterocycles. The summed E-state index contributed by atoms with van der Waals surface area (Å²) in [4.78, 5) is 20.8. The highest BCUT2D eigenvalue weighted by atomic mass is 28.3. The number of hydrogen-bond donors (Lipinski definition) is 2. The maximum Gasteiger partial charge on any atom is 0.419 e. The molecule has 2 N–H and O–H groups in total. The maximum absolute atomic E-state index is 14.3. The van der Waals surface area contributed by atoms with E-state index in [-0.39, 0.29) is 36.0 Å². The molecule has 3 aromatic rings. The van der Waals surface area contributed by atoms with E-state index >= 15 is 0 Å². The average molecular weight is 617 g/mol. The third kappa shape index (κ3) is 8.48. The number of fused-ring (bicyclic) bond motifs is 1. The molecule has 0 spiro atoms. The van der Waals surface area contributed by atoms with Crippen molar-refractivity contribution < 1.29 is 27.4 Å². The van der Waals surface area contributed by atoms with Crippen LogP contribution >= 0.6 is 0 Å². The van der Waals surface area contributed by atoms with Gasteiger partial charge in [-0.05, 0) is 58.2 Å². The largest absolute Gasteiger partial charge is 0.444 e. The Morgan fingerprint density at radius 2 is 1.91 bits per heavy atom. The molecule has 4 rings (SSSR count). The number of nitrogens with one attached hydrogen (secondary N) is 2. The summed E-state index contributed by atoms with van der Waals surface area (Å²) >= 11 is 0. The van der Waals surface area contributed by atoms with Crippen molar-refractivity contribution in [3.8, 4) is 17.3 Å². The van der Waals surface area contributed by atoms with Gasteiger partial charge in [-0.2, -0.15) is 18.4 Å². The summed E-state index contributed by atoms with van der Waals surface area (Å²) in [5.74, 6) is 0.0202. The van der Waals surface area contributed by atoms with E-state index in [1.165, 1.54) is 0 Å². The van der Waals surface area contributed by atoms with E-state index < -0.39 is 31.5 Å². The Balaban J connectivity index is 1.68. The molecule has 2 atom stereocenters. The summed E-state index contributed by atoms with van der Waals surface area (Å²) in [6.45, 7) is 12.7. The molecule has 1 saturated carbocycles. The van der Waals surface area contributed by atoms with Crippen LogP contribution in [0.3, 0.4) is 0 Å². The number of alkyl carbamates (subject to hydrolysis) is 1. The first-order valence-corrected chi connectivity index (χ1v) is 18.1. The van der Waals surface area contributed by atoms with Crippen LogP contribution in [0.25, 0.3) is 22.2 Å². The Bertz CT molecular complexity index is 1500. The monoisotopic (exact) mass is 616 g/mol. The highest BCUT2D eigenvalue weighted by Gasteiger charge is 2.37. The van der Waals surface area contributed by atoms with E-state index in [9.17, 15) is 23.2 Å². The fraction of sp³-hybridized carbons (Fsp3) is 0.533. The van der Waals surface area contributed by atoms with Crippen molar-refractivity contribution in [3.05, 3.63) is 41.7 Å². The number of carbonyl (C=O) groups is 1. The molecule has 1 aromatic carbocycles. The zero-order valence-electron chi connectivity index (χ0n) is 25.4. The van der Waals surface area contributed by atoms with Crippen molar-refractivity contribution >= 4 is 31.0 Å². The van der Waals surface area contributed by atoms with Crippen LogP contribution in [0, 0.1) is 11.3 Å². The summed E-state index contributed by atoms with van der Waals surface area (Å²) < 4.78 is 55.8. The lowest BCUT2D eigenvalue weighted by atomic mass is 10.0. The molecule has 1 aliphatic carbocycles. The third-order valence-corrected chi connectivity index (χ3v) is 8.82. The van der Waals surface area contributed by atoms with E-state index in [1.54, 1.807) is 49.7 Å². The molecule has 43 heavy (non-hydrogen) atoms.